The van der Waals surface area contributed by atoms with Crippen molar-refractivity contribution in [2.75, 3.05) is 26.2 Å². The Morgan fingerprint density at radius 2 is 1.71 bits per heavy atom. The summed E-state index contributed by atoms with van der Waals surface area (Å²) in [6.45, 7) is 3.68. The lowest BCUT2D eigenvalue weighted by Crippen LogP contribution is -2.44. The van der Waals surface area contributed by atoms with Crippen LogP contribution in [0.2, 0.25) is 0 Å². The van der Waals surface area contributed by atoms with Crippen LogP contribution in [0.25, 0.3) is 11.1 Å². The molecule has 0 heterocycles. The van der Waals surface area contributed by atoms with Crippen molar-refractivity contribution in [1.82, 2.24) is 10.2 Å². The summed E-state index contributed by atoms with van der Waals surface area (Å²) in [5.41, 5.74) is 4.57. The van der Waals surface area contributed by atoms with Crippen LogP contribution in [0.1, 0.15) is 36.3 Å². The smallest absolute Gasteiger partial charge is 0.407 e. The number of aliphatic carboxylic acids is 1. The first-order chi connectivity index (χ1) is 16.5. The largest absolute Gasteiger partial charge is 0.480 e. The fourth-order valence-corrected chi connectivity index (χ4v) is 4.69. The summed E-state index contributed by atoms with van der Waals surface area (Å²) in [6, 6.07) is 16.2. The molecular formula is C27H30N2O5. The molecule has 0 bridgehead atoms. The van der Waals surface area contributed by atoms with E-state index in [0.29, 0.717) is 12.3 Å². The number of carboxylic acid groups (broad SMARTS) is 1. The van der Waals surface area contributed by atoms with Crippen LogP contribution in [0, 0.1) is 11.8 Å². The maximum atomic E-state index is 13.0. The topological polar surface area (TPSA) is 95.9 Å². The quantitative estimate of drug-likeness (QED) is 0.492. The molecule has 2 N–H and O–H groups in total. The monoisotopic (exact) mass is 462 g/mol. The third-order valence-corrected chi connectivity index (χ3v) is 6.49. The number of hydrogen-bond donors (Lipinski definition) is 2. The van der Waals surface area contributed by atoms with Crippen molar-refractivity contribution in [2.45, 2.75) is 25.2 Å². The highest BCUT2D eigenvalue weighted by atomic mass is 16.5. The van der Waals surface area contributed by atoms with Gasteiger partial charge < -0.3 is 20.1 Å². The predicted molar refractivity (Wildman–Crippen MR) is 128 cm³/mol. The Balaban J connectivity index is 1.37. The van der Waals surface area contributed by atoms with E-state index in [1.165, 1.54) is 11.0 Å². The van der Waals surface area contributed by atoms with Crippen LogP contribution in [-0.2, 0) is 14.3 Å². The van der Waals surface area contributed by atoms with Gasteiger partial charge in [0.2, 0.25) is 5.91 Å². The molecule has 2 amide bonds. The number of benzene rings is 2. The third kappa shape index (κ3) is 5.47. The van der Waals surface area contributed by atoms with Gasteiger partial charge in [-0.05, 0) is 34.6 Å². The molecule has 0 spiro atoms. The molecular weight excluding hydrogens is 432 g/mol. The van der Waals surface area contributed by atoms with Crippen molar-refractivity contribution in [2.24, 2.45) is 11.8 Å². The summed E-state index contributed by atoms with van der Waals surface area (Å²) in [5, 5.41) is 11.9. The molecule has 0 aliphatic heterocycles. The summed E-state index contributed by atoms with van der Waals surface area (Å²) >= 11 is 0. The molecule has 1 fully saturated rings. The molecule has 0 aromatic heterocycles. The minimum atomic E-state index is -1.08. The van der Waals surface area contributed by atoms with Crippen molar-refractivity contribution >= 4 is 18.0 Å². The molecule has 34 heavy (non-hydrogen) atoms. The average Bonchev–Trinajstić information content (AvgIpc) is 3.60. The van der Waals surface area contributed by atoms with Crippen LogP contribution < -0.4 is 5.32 Å². The minimum Gasteiger partial charge on any atom is -0.480 e. The molecule has 4 rings (SSSR count). The molecule has 2 aromatic rings. The van der Waals surface area contributed by atoms with Gasteiger partial charge in [-0.1, -0.05) is 67.4 Å². The van der Waals surface area contributed by atoms with Crippen LogP contribution in [0.5, 0.6) is 0 Å². The number of carbonyl (C=O) groups is 3. The Morgan fingerprint density at radius 3 is 2.26 bits per heavy atom. The maximum Gasteiger partial charge on any atom is 0.407 e. The van der Waals surface area contributed by atoms with E-state index in [9.17, 15) is 14.4 Å². The highest BCUT2D eigenvalue weighted by Gasteiger charge is 2.33. The standard InChI is InChI=1S/C27H30N2O5/c1-2-13-29(16-25(30)31)26(32)19(14-18-11-12-18)15-28-27(33)34-17-24-22-9-5-3-7-20(22)21-8-4-6-10-23(21)24/h2-10,18-19,24H,1,11-17H2,(H,28,33)(H,30,31). The molecule has 0 saturated heterocycles. The van der Waals surface area contributed by atoms with E-state index in [2.05, 4.69) is 36.2 Å². The molecule has 1 saturated carbocycles. The zero-order chi connectivity index (χ0) is 24.1. The normalized spacial score (nSPS) is 15.1. The molecule has 7 nitrogen and oxygen atoms in total. The molecule has 2 aliphatic rings. The first-order valence-corrected chi connectivity index (χ1v) is 11.7. The predicted octanol–water partition coefficient (Wildman–Crippen LogP) is 4.04. The van der Waals surface area contributed by atoms with Gasteiger partial charge in [-0.2, -0.15) is 0 Å². The van der Waals surface area contributed by atoms with Crippen LogP contribution >= 0.6 is 0 Å². The van der Waals surface area contributed by atoms with E-state index in [4.69, 9.17) is 9.84 Å². The highest BCUT2D eigenvalue weighted by molar-refractivity contribution is 5.84. The molecule has 2 aromatic carbocycles. The SMILES string of the molecule is C=CCN(CC(=O)O)C(=O)C(CNC(=O)OCC1c2ccccc2-c2ccccc21)CC1CC1. The van der Waals surface area contributed by atoms with Gasteiger partial charge in [-0.25, -0.2) is 4.79 Å². The van der Waals surface area contributed by atoms with Crippen LogP contribution in [-0.4, -0.2) is 54.2 Å². The Hall–Kier alpha value is -3.61. The van der Waals surface area contributed by atoms with Gasteiger partial charge in [0.05, 0.1) is 5.92 Å². The summed E-state index contributed by atoms with van der Waals surface area (Å²) in [5.74, 6) is -1.46. The number of ether oxygens (including phenoxy) is 1. The van der Waals surface area contributed by atoms with Crippen molar-refractivity contribution in [3.63, 3.8) is 0 Å². The van der Waals surface area contributed by atoms with E-state index >= 15 is 0 Å². The molecule has 0 radical (unpaired) electrons. The number of rotatable bonds is 11. The van der Waals surface area contributed by atoms with Gasteiger partial charge in [-0.15, -0.1) is 6.58 Å². The number of carboxylic acids is 1. The van der Waals surface area contributed by atoms with Crippen LogP contribution in [0.4, 0.5) is 4.79 Å². The number of nitrogens with one attached hydrogen (secondary N) is 1. The van der Waals surface area contributed by atoms with Crippen molar-refractivity contribution < 1.29 is 24.2 Å². The fourth-order valence-electron chi connectivity index (χ4n) is 4.69. The lowest BCUT2D eigenvalue weighted by Gasteiger charge is -2.25. The zero-order valence-electron chi connectivity index (χ0n) is 19.1. The van der Waals surface area contributed by atoms with Gasteiger partial charge in [-0.3, -0.25) is 9.59 Å². The second-order valence-corrected chi connectivity index (χ2v) is 8.98. The van der Waals surface area contributed by atoms with E-state index in [1.54, 1.807) is 0 Å². The second kappa shape index (κ2) is 10.5. The highest BCUT2D eigenvalue weighted by Crippen LogP contribution is 2.44. The third-order valence-electron chi connectivity index (χ3n) is 6.49. The van der Waals surface area contributed by atoms with E-state index in [1.807, 2.05) is 24.3 Å². The Morgan fingerprint density at radius 1 is 1.09 bits per heavy atom. The van der Waals surface area contributed by atoms with Gasteiger partial charge >= 0.3 is 12.1 Å². The van der Waals surface area contributed by atoms with E-state index < -0.39 is 24.5 Å². The minimum absolute atomic E-state index is 0.0410. The van der Waals surface area contributed by atoms with Crippen molar-refractivity contribution in [3.8, 4) is 11.1 Å². The Kier molecular flexibility index (Phi) is 7.30. The van der Waals surface area contributed by atoms with Crippen LogP contribution in [0.3, 0.4) is 0 Å². The van der Waals surface area contributed by atoms with Crippen molar-refractivity contribution in [3.05, 3.63) is 72.3 Å². The van der Waals surface area contributed by atoms with Gasteiger partial charge in [0.25, 0.3) is 0 Å². The van der Waals surface area contributed by atoms with E-state index in [-0.39, 0.29) is 31.5 Å². The summed E-state index contributed by atoms with van der Waals surface area (Å²) in [7, 11) is 0. The molecule has 1 atom stereocenters. The number of hydrogen-bond acceptors (Lipinski definition) is 4. The molecule has 1 unspecified atom stereocenters. The molecule has 7 heteroatoms. The van der Waals surface area contributed by atoms with E-state index in [0.717, 1.165) is 35.1 Å². The number of fused-ring (bicyclic) bond motifs is 3. The Bertz CT molecular complexity index is 1030. The maximum absolute atomic E-state index is 13.0. The first kappa shape index (κ1) is 23.5. The van der Waals surface area contributed by atoms with Gasteiger partial charge in [0.1, 0.15) is 13.2 Å². The summed E-state index contributed by atoms with van der Waals surface area (Å²) in [4.78, 5) is 38.0. The lowest BCUT2D eigenvalue weighted by molar-refractivity contribution is -0.146. The lowest BCUT2D eigenvalue weighted by atomic mass is 9.98. The number of amides is 2. The van der Waals surface area contributed by atoms with Gasteiger partial charge in [0.15, 0.2) is 0 Å². The van der Waals surface area contributed by atoms with Gasteiger partial charge in [0, 0.05) is 19.0 Å². The Labute approximate surface area is 199 Å². The molecule has 2 aliphatic carbocycles. The fraction of sp³-hybridized carbons (Fsp3) is 0.370. The van der Waals surface area contributed by atoms with Crippen molar-refractivity contribution in [1.29, 1.82) is 0 Å². The van der Waals surface area contributed by atoms with Crippen LogP contribution in [0.15, 0.2) is 61.2 Å². The summed E-state index contributed by atoms with van der Waals surface area (Å²) in [6.07, 6.45) is 3.65. The number of carbonyl (C=O) groups excluding carboxylic acids is 2. The second-order valence-electron chi connectivity index (χ2n) is 8.98. The number of nitrogens with zero attached hydrogens (tertiary/aromatic N) is 1. The first-order valence-electron chi connectivity index (χ1n) is 11.7. The number of alkyl carbamates (subject to hydrolysis) is 1. The zero-order valence-corrected chi connectivity index (χ0v) is 19.1. The summed E-state index contributed by atoms with van der Waals surface area (Å²) < 4.78 is 5.58. The molecule has 178 valence electrons. The average molecular weight is 463 g/mol.